The summed E-state index contributed by atoms with van der Waals surface area (Å²) in [5, 5.41) is 6.01. The molecule has 0 aromatic carbocycles. The molecule has 0 bridgehead atoms. The van der Waals surface area contributed by atoms with E-state index in [-0.39, 0.29) is 24.2 Å². The van der Waals surface area contributed by atoms with E-state index in [1.165, 1.54) is 0 Å². The van der Waals surface area contributed by atoms with Crippen LogP contribution in [-0.4, -0.2) is 62.4 Å². The smallest absolute Gasteiger partial charge is 0.315 e. The van der Waals surface area contributed by atoms with E-state index in [0.717, 1.165) is 24.9 Å². The van der Waals surface area contributed by atoms with Crippen LogP contribution in [0.5, 0.6) is 5.88 Å². The second kappa shape index (κ2) is 8.84. The van der Waals surface area contributed by atoms with Crippen molar-refractivity contribution in [2.45, 2.75) is 38.0 Å². The zero-order valence-corrected chi connectivity index (χ0v) is 14.9. The third-order valence-electron chi connectivity index (χ3n) is 4.09. The average molecular weight is 336 g/mol. The lowest BCUT2D eigenvalue weighted by Gasteiger charge is -2.22. The van der Waals surface area contributed by atoms with E-state index in [1.54, 1.807) is 19.4 Å². The number of ether oxygens (including phenoxy) is 2. The number of carbonyl (C=O) groups excluding carboxylic acids is 1. The molecule has 3 atom stereocenters. The summed E-state index contributed by atoms with van der Waals surface area (Å²) in [5.41, 5.74) is 0.944. The highest BCUT2D eigenvalue weighted by atomic mass is 16.5. The number of carbonyl (C=O) groups is 1. The van der Waals surface area contributed by atoms with Gasteiger partial charge in [-0.3, -0.25) is 0 Å². The predicted molar refractivity (Wildman–Crippen MR) is 92.2 cm³/mol. The van der Waals surface area contributed by atoms with Gasteiger partial charge in [-0.2, -0.15) is 0 Å². The van der Waals surface area contributed by atoms with Crippen molar-refractivity contribution in [1.82, 2.24) is 20.5 Å². The lowest BCUT2D eigenvalue weighted by atomic mass is 10.0. The van der Waals surface area contributed by atoms with Gasteiger partial charge in [0.05, 0.1) is 13.2 Å². The van der Waals surface area contributed by atoms with E-state index in [9.17, 15) is 4.79 Å². The van der Waals surface area contributed by atoms with Gasteiger partial charge in [-0.15, -0.1) is 0 Å². The Morgan fingerprint density at radius 3 is 2.92 bits per heavy atom. The van der Waals surface area contributed by atoms with Crippen molar-refractivity contribution in [3.05, 3.63) is 23.9 Å². The second-order valence-electron chi connectivity index (χ2n) is 6.43. The summed E-state index contributed by atoms with van der Waals surface area (Å²) in [6, 6.07) is 3.64. The Morgan fingerprint density at radius 2 is 2.29 bits per heavy atom. The number of nitrogens with one attached hydrogen (secondary N) is 2. The Morgan fingerprint density at radius 1 is 1.50 bits per heavy atom. The quantitative estimate of drug-likeness (QED) is 0.790. The van der Waals surface area contributed by atoms with Crippen LogP contribution >= 0.6 is 0 Å². The van der Waals surface area contributed by atoms with E-state index < -0.39 is 0 Å². The summed E-state index contributed by atoms with van der Waals surface area (Å²) in [6.07, 6.45) is 3.26. The molecule has 1 aliphatic heterocycles. The minimum atomic E-state index is -0.175. The van der Waals surface area contributed by atoms with E-state index in [4.69, 9.17) is 9.47 Å². The topological polar surface area (TPSA) is 75.7 Å². The Kier molecular flexibility index (Phi) is 6.81. The zero-order valence-electron chi connectivity index (χ0n) is 14.9. The summed E-state index contributed by atoms with van der Waals surface area (Å²) in [4.78, 5) is 18.5. The first-order chi connectivity index (χ1) is 11.5. The summed E-state index contributed by atoms with van der Waals surface area (Å²) < 4.78 is 10.9. The van der Waals surface area contributed by atoms with Gasteiger partial charge in [-0.1, -0.05) is 0 Å². The van der Waals surface area contributed by atoms with Gasteiger partial charge in [0.2, 0.25) is 5.88 Å². The van der Waals surface area contributed by atoms with Gasteiger partial charge in [0, 0.05) is 30.5 Å². The van der Waals surface area contributed by atoms with E-state index in [0.29, 0.717) is 12.5 Å². The fourth-order valence-corrected chi connectivity index (χ4v) is 2.70. The molecule has 0 aliphatic carbocycles. The minimum Gasteiger partial charge on any atom is -0.481 e. The summed E-state index contributed by atoms with van der Waals surface area (Å²) in [6.45, 7) is 3.57. The van der Waals surface area contributed by atoms with Crippen LogP contribution in [-0.2, 0) is 4.74 Å². The monoisotopic (exact) mass is 336 g/mol. The molecule has 0 unspecified atom stereocenters. The lowest BCUT2D eigenvalue weighted by Crippen LogP contribution is -2.46. The van der Waals surface area contributed by atoms with Crippen molar-refractivity contribution in [2.75, 3.05) is 34.4 Å². The highest BCUT2D eigenvalue weighted by molar-refractivity contribution is 5.74. The van der Waals surface area contributed by atoms with Crippen LogP contribution in [0.3, 0.4) is 0 Å². The van der Waals surface area contributed by atoms with Crippen LogP contribution in [0.25, 0.3) is 0 Å². The molecule has 2 amide bonds. The van der Waals surface area contributed by atoms with Gasteiger partial charge in [0.25, 0.3) is 0 Å². The molecular weight excluding hydrogens is 308 g/mol. The highest BCUT2D eigenvalue weighted by Crippen LogP contribution is 2.29. The van der Waals surface area contributed by atoms with Crippen molar-refractivity contribution in [2.24, 2.45) is 0 Å². The molecule has 0 radical (unpaired) electrons. The molecule has 0 saturated carbocycles. The standard InChI is InChI=1S/C17H28N4O3/c1-12(7-9-21(2)3)19-17(22)20-14-8-10-24-16(14)13-5-6-15(23-4)18-11-13/h5-6,11-12,14,16H,7-10H2,1-4H3,(H2,19,20,22)/t12-,14+,16-/m1/s1. The Bertz CT molecular complexity index is 521. The molecule has 1 aromatic heterocycles. The maximum absolute atomic E-state index is 12.2. The molecule has 1 fully saturated rings. The summed E-state index contributed by atoms with van der Waals surface area (Å²) in [5.74, 6) is 0.564. The molecule has 2 N–H and O–H groups in total. The molecule has 1 aliphatic rings. The third kappa shape index (κ3) is 5.35. The van der Waals surface area contributed by atoms with Crippen molar-refractivity contribution in [3.8, 4) is 5.88 Å². The van der Waals surface area contributed by atoms with Crippen molar-refractivity contribution >= 4 is 6.03 Å². The summed E-state index contributed by atoms with van der Waals surface area (Å²) >= 11 is 0. The predicted octanol–water partition coefficient (Wildman–Crippen LogP) is 1.56. The van der Waals surface area contributed by atoms with Crippen LogP contribution in [0.2, 0.25) is 0 Å². The molecule has 134 valence electrons. The number of amides is 2. The number of aromatic nitrogens is 1. The Balaban J connectivity index is 1.87. The van der Waals surface area contributed by atoms with E-state index in [2.05, 4.69) is 20.5 Å². The number of rotatable bonds is 7. The molecule has 0 spiro atoms. The molecule has 1 aromatic rings. The van der Waals surface area contributed by atoms with Gasteiger partial charge in [0.15, 0.2) is 0 Å². The van der Waals surface area contributed by atoms with Crippen LogP contribution in [0.1, 0.15) is 31.4 Å². The molecule has 24 heavy (non-hydrogen) atoms. The molecule has 2 heterocycles. The lowest BCUT2D eigenvalue weighted by molar-refractivity contribution is 0.0994. The van der Waals surface area contributed by atoms with Crippen LogP contribution < -0.4 is 15.4 Å². The van der Waals surface area contributed by atoms with Crippen molar-refractivity contribution < 1.29 is 14.3 Å². The number of pyridine rings is 1. The molecule has 7 heteroatoms. The van der Waals surface area contributed by atoms with Crippen LogP contribution in [0, 0.1) is 0 Å². The van der Waals surface area contributed by atoms with Crippen LogP contribution in [0.4, 0.5) is 4.79 Å². The maximum Gasteiger partial charge on any atom is 0.315 e. The van der Waals surface area contributed by atoms with Gasteiger partial charge in [-0.05, 0) is 46.5 Å². The van der Waals surface area contributed by atoms with Crippen molar-refractivity contribution in [1.29, 1.82) is 0 Å². The number of hydrogen-bond donors (Lipinski definition) is 2. The number of hydrogen-bond acceptors (Lipinski definition) is 5. The fraction of sp³-hybridized carbons (Fsp3) is 0.647. The largest absolute Gasteiger partial charge is 0.481 e. The van der Waals surface area contributed by atoms with Gasteiger partial charge >= 0.3 is 6.03 Å². The summed E-state index contributed by atoms with van der Waals surface area (Å²) in [7, 11) is 5.63. The van der Waals surface area contributed by atoms with E-state index >= 15 is 0 Å². The van der Waals surface area contributed by atoms with Gasteiger partial charge in [0.1, 0.15) is 6.10 Å². The van der Waals surface area contributed by atoms with Gasteiger partial charge < -0.3 is 25.0 Å². The SMILES string of the molecule is COc1ccc([C@H]2OCC[C@@H]2NC(=O)N[C@H](C)CCN(C)C)cn1. The maximum atomic E-state index is 12.2. The van der Waals surface area contributed by atoms with Crippen LogP contribution in [0.15, 0.2) is 18.3 Å². The molecule has 2 rings (SSSR count). The zero-order chi connectivity index (χ0) is 17.5. The highest BCUT2D eigenvalue weighted by Gasteiger charge is 2.31. The Hall–Kier alpha value is -1.86. The average Bonchev–Trinajstić information content (AvgIpc) is 3.01. The second-order valence-corrected chi connectivity index (χ2v) is 6.43. The molecule has 7 nitrogen and oxygen atoms in total. The molecular formula is C17H28N4O3. The third-order valence-corrected chi connectivity index (χ3v) is 4.09. The first kappa shape index (κ1) is 18.5. The number of urea groups is 1. The molecule has 1 saturated heterocycles. The Labute approximate surface area is 143 Å². The van der Waals surface area contributed by atoms with Crippen molar-refractivity contribution in [3.63, 3.8) is 0 Å². The van der Waals surface area contributed by atoms with Gasteiger partial charge in [-0.25, -0.2) is 9.78 Å². The first-order valence-corrected chi connectivity index (χ1v) is 8.33. The van der Waals surface area contributed by atoms with E-state index in [1.807, 2.05) is 27.1 Å². The first-order valence-electron chi connectivity index (χ1n) is 8.33. The minimum absolute atomic E-state index is 0.0544. The fourth-order valence-electron chi connectivity index (χ4n) is 2.70. The normalized spacial score (nSPS) is 21.5. The number of methoxy groups -OCH3 is 1. The number of nitrogens with zero attached hydrogens (tertiary/aromatic N) is 2.